The Morgan fingerprint density at radius 1 is 1.73 bits per heavy atom. The van der Waals surface area contributed by atoms with E-state index in [4.69, 9.17) is 5.26 Å². The highest BCUT2D eigenvalue weighted by Gasteiger charge is 2.22. The lowest BCUT2D eigenvalue weighted by Crippen LogP contribution is -2.19. The monoisotopic (exact) mass is 151 g/mol. The van der Waals surface area contributed by atoms with E-state index in [0.717, 1.165) is 0 Å². The van der Waals surface area contributed by atoms with E-state index >= 15 is 0 Å². The van der Waals surface area contributed by atoms with Crippen molar-refractivity contribution in [3.8, 4) is 6.07 Å². The molecule has 0 saturated heterocycles. The maximum absolute atomic E-state index is 11.2. The molecule has 11 heavy (non-hydrogen) atoms. The Kier molecular flexibility index (Phi) is 2.64. The molecule has 0 amide bonds. The van der Waals surface area contributed by atoms with Crippen molar-refractivity contribution in [3.05, 3.63) is 0 Å². The van der Waals surface area contributed by atoms with Gasteiger partial charge in [-0.2, -0.15) is 5.26 Å². The minimum absolute atomic E-state index is 0.122. The zero-order chi connectivity index (χ0) is 8.27. The van der Waals surface area contributed by atoms with Crippen LogP contribution < -0.4 is 0 Å². The normalized spacial score (nSPS) is 20.0. The number of rotatable bonds is 3. The van der Waals surface area contributed by atoms with Crippen LogP contribution in [0.25, 0.3) is 0 Å². The first-order chi connectivity index (χ1) is 5.24. The zero-order valence-electron chi connectivity index (χ0n) is 6.84. The molecule has 0 bridgehead atoms. The number of nitrogens with zero attached hydrogens (tertiary/aromatic N) is 1. The Hall–Kier alpha value is -0.840. The molecule has 0 aliphatic heterocycles. The molecule has 1 atom stereocenters. The van der Waals surface area contributed by atoms with E-state index in [9.17, 15) is 4.79 Å². The molecule has 1 rings (SSSR count). The molecular formula is C9H13NO. The van der Waals surface area contributed by atoms with Gasteiger partial charge in [-0.05, 0) is 12.8 Å². The third-order valence-corrected chi connectivity index (χ3v) is 2.39. The fourth-order valence-corrected chi connectivity index (χ4v) is 1.23. The van der Waals surface area contributed by atoms with Gasteiger partial charge in [0.05, 0.1) is 6.07 Å². The van der Waals surface area contributed by atoms with Crippen molar-refractivity contribution < 1.29 is 4.79 Å². The van der Waals surface area contributed by atoms with E-state index in [2.05, 4.69) is 0 Å². The van der Waals surface area contributed by atoms with Crippen LogP contribution in [0.3, 0.4) is 0 Å². The molecule has 1 fully saturated rings. The van der Waals surface area contributed by atoms with Gasteiger partial charge in [0.1, 0.15) is 11.7 Å². The van der Waals surface area contributed by atoms with Crippen LogP contribution in [0.15, 0.2) is 0 Å². The van der Waals surface area contributed by atoms with Gasteiger partial charge in [0.2, 0.25) is 0 Å². The summed E-state index contributed by atoms with van der Waals surface area (Å²) in [6.07, 6.45) is 4.27. The topological polar surface area (TPSA) is 40.9 Å². The number of Topliss-reactive ketones (excluding diaryl/α,β-unsaturated/α-hetero) is 1. The van der Waals surface area contributed by atoms with Gasteiger partial charge in [0.25, 0.3) is 0 Å². The SMILES string of the molecule is CC(C#N)C(=O)CC1CCC1. The molecule has 0 aromatic heterocycles. The molecule has 0 heterocycles. The Balaban J connectivity index is 2.25. The third-order valence-electron chi connectivity index (χ3n) is 2.39. The summed E-state index contributed by atoms with van der Waals surface area (Å²) in [6.45, 7) is 1.68. The second-order valence-electron chi connectivity index (χ2n) is 3.32. The van der Waals surface area contributed by atoms with Gasteiger partial charge in [0.15, 0.2) is 0 Å². The van der Waals surface area contributed by atoms with Crippen LogP contribution in [-0.2, 0) is 4.79 Å². The van der Waals surface area contributed by atoms with E-state index in [0.29, 0.717) is 12.3 Å². The Morgan fingerprint density at radius 3 is 2.73 bits per heavy atom. The summed E-state index contributed by atoms with van der Waals surface area (Å²) in [5.74, 6) is 0.325. The smallest absolute Gasteiger partial charge is 0.149 e. The molecule has 2 nitrogen and oxygen atoms in total. The van der Waals surface area contributed by atoms with E-state index in [1.54, 1.807) is 6.92 Å². The van der Waals surface area contributed by atoms with Crippen LogP contribution >= 0.6 is 0 Å². The zero-order valence-corrected chi connectivity index (χ0v) is 6.84. The molecule has 2 heteroatoms. The minimum atomic E-state index is -0.393. The number of ketones is 1. The van der Waals surface area contributed by atoms with Crippen LogP contribution in [0.5, 0.6) is 0 Å². The van der Waals surface area contributed by atoms with E-state index in [-0.39, 0.29) is 5.78 Å². The third kappa shape index (κ3) is 2.04. The summed E-state index contributed by atoms with van der Waals surface area (Å²) in [4.78, 5) is 11.2. The summed E-state index contributed by atoms with van der Waals surface area (Å²) >= 11 is 0. The predicted octanol–water partition coefficient (Wildman–Crippen LogP) is 1.91. The molecule has 0 aromatic rings. The fourth-order valence-electron chi connectivity index (χ4n) is 1.23. The van der Waals surface area contributed by atoms with Gasteiger partial charge in [-0.15, -0.1) is 0 Å². The van der Waals surface area contributed by atoms with Crippen molar-refractivity contribution in [2.24, 2.45) is 11.8 Å². The first-order valence-electron chi connectivity index (χ1n) is 4.16. The number of nitriles is 1. The quantitative estimate of drug-likeness (QED) is 0.618. The molecule has 0 aromatic carbocycles. The largest absolute Gasteiger partial charge is 0.298 e. The van der Waals surface area contributed by atoms with Crippen LogP contribution in [0.2, 0.25) is 0 Å². The minimum Gasteiger partial charge on any atom is -0.298 e. The van der Waals surface area contributed by atoms with Crippen LogP contribution in [0, 0.1) is 23.2 Å². The Bertz CT molecular complexity index is 188. The molecule has 60 valence electrons. The highest BCUT2D eigenvalue weighted by Crippen LogP contribution is 2.30. The summed E-state index contributed by atoms with van der Waals surface area (Å²) in [7, 11) is 0. The van der Waals surface area contributed by atoms with Gasteiger partial charge in [0, 0.05) is 6.42 Å². The molecule has 0 radical (unpaired) electrons. The maximum atomic E-state index is 11.2. The Morgan fingerprint density at radius 2 is 2.36 bits per heavy atom. The average molecular weight is 151 g/mol. The predicted molar refractivity (Wildman–Crippen MR) is 41.7 cm³/mol. The first kappa shape index (κ1) is 8.26. The Labute approximate surface area is 67.2 Å². The lowest BCUT2D eigenvalue weighted by atomic mass is 9.80. The maximum Gasteiger partial charge on any atom is 0.149 e. The van der Waals surface area contributed by atoms with Gasteiger partial charge in [-0.25, -0.2) is 0 Å². The van der Waals surface area contributed by atoms with Crippen molar-refractivity contribution in [3.63, 3.8) is 0 Å². The standard InChI is InChI=1S/C9H13NO/c1-7(6-10)9(11)5-8-3-2-4-8/h7-8H,2-5H2,1H3. The molecule has 1 saturated carbocycles. The lowest BCUT2D eigenvalue weighted by molar-refractivity contribution is -0.122. The molecule has 1 aliphatic carbocycles. The lowest BCUT2D eigenvalue weighted by Gasteiger charge is -2.24. The molecule has 1 aliphatic rings. The molecule has 1 unspecified atom stereocenters. The van der Waals surface area contributed by atoms with Crippen molar-refractivity contribution in [2.75, 3.05) is 0 Å². The van der Waals surface area contributed by atoms with Crippen molar-refractivity contribution in [1.29, 1.82) is 5.26 Å². The summed E-state index contributed by atoms with van der Waals surface area (Å²) < 4.78 is 0. The number of carbonyl (C=O) groups excluding carboxylic acids is 1. The van der Waals surface area contributed by atoms with Crippen LogP contribution in [0.4, 0.5) is 0 Å². The van der Waals surface area contributed by atoms with Gasteiger partial charge < -0.3 is 0 Å². The van der Waals surface area contributed by atoms with E-state index < -0.39 is 5.92 Å². The van der Waals surface area contributed by atoms with Crippen molar-refractivity contribution in [2.45, 2.75) is 32.6 Å². The van der Waals surface area contributed by atoms with E-state index in [1.807, 2.05) is 6.07 Å². The average Bonchev–Trinajstić information content (AvgIpc) is 1.94. The highest BCUT2D eigenvalue weighted by atomic mass is 16.1. The van der Waals surface area contributed by atoms with Crippen molar-refractivity contribution >= 4 is 5.78 Å². The highest BCUT2D eigenvalue weighted by molar-refractivity contribution is 5.83. The molecular weight excluding hydrogens is 138 g/mol. The number of hydrogen-bond acceptors (Lipinski definition) is 2. The van der Waals surface area contributed by atoms with Crippen LogP contribution in [-0.4, -0.2) is 5.78 Å². The number of carbonyl (C=O) groups is 1. The molecule has 0 N–H and O–H groups in total. The van der Waals surface area contributed by atoms with Crippen molar-refractivity contribution in [1.82, 2.24) is 0 Å². The first-order valence-corrected chi connectivity index (χ1v) is 4.16. The van der Waals surface area contributed by atoms with Gasteiger partial charge in [-0.3, -0.25) is 4.79 Å². The fraction of sp³-hybridized carbons (Fsp3) is 0.778. The summed E-state index contributed by atoms with van der Waals surface area (Å²) in [5, 5.41) is 8.44. The second-order valence-corrected chi connectivity index (χ2v) is 3.32. The molecule has 0 spiro atoms. The summed E-state index contributed by atoms with van der Waals surface area (Å²) in [5.41, 5.74) is 0. The van der Waals surface area contributed by atoms with Crippen LogP contribution in [0.1, 0.15) is 32.6 Å². The second kappa shape index (κ2) is 3.52. The van der Waals surface area contributed by atoms with Gasteiger partial charge >= 0.3 is 0 Å². The van der Waals surface area contributed by atoms with E-state index in [1.165, 1.54) is 19.3 Å². The van der Waals surface area contributed by atoms with Gasteiger partial charge in [-0.1, -0.05) is 19.3 Å². The summed E-state index contributed by atoms with van der Waals surface area (Å²) in [6, 6.07) is 1.97. The number of hydrogen-bond donors (Lipinski definition) is 0.